The molecule has 0 saturated carbocycles. The van der Waals surface area contributed by atoms with E-state index in [0.29, 0.717) is 17.1 Å². The van der Waals surface area contributed by atoms with E-state index in [1.807, 2.05) is 0 Å². The normalized spacial score (nSPS) is 11.2. The fraction of sp³-hybridized carbons (Fsp3) is 0.250. The maximum Gasteiger partial charge on any atom is 0.306 e. The first-order chi connectivity index (χ1) is 10.1. The molecule has 0 amide bonds. The van der Waals surface area contributed by atoms with Crippen LogP contribution in [0.5, 0.6) is 11.5 Å². The molecule has 112 valence electrons. The number of halogens is 2. The Morgan fingerprint density at radius 1 is 1.10 bits per heavy atom. The molecular formula is C16H17F2NO2. The molecule has 0 atom stereocenters. The third-order valence-electron chi connectivity index (χ3n) is 3.10. The first-order valence-electron chi connectivity index (χ1n) is 6.50. The van der Waals surface area contributed by atoms with Crippen LogP contribution in [0.2, 0.25) is 0 Å². The highest BCUT2D eigenvalue weighted by Gasteiger charge is 2.32. The molecule has 3 nitrogen and oxygen atoms in total. The Hall–Kier alpha value is -2.14. The Balaban J connectivity index is 2.15. The summed E-state index contributed by atoms with van der Waals surface area (Å²) in [4.78, 5) is 0. The highest BCUT2D eigenvalue weighted by Crippen LogP contribution is 2.31. The Kier molecular flexibility index (Phi) is 4.75. The molecule has 0 spiro atoms. The summed E-state index contributed by atoms with van der Waals surface area (Å²) in [6.45, 7) is -0.548. The predicted octanol–water partition coefficient (Wildman–Crippen LogP) is 3.32. The number of nitrogens with two attached hydrogens (primary N) is 1. The van der Waals surface area contributed by atoms with Crippen LogP contribution in [-0.2, 0) is 12.5 Å². The van der Waals surface area contributed by atoms with Gasteiger partial charge in [0, 0.05) is 23.7 Å². The van der Waals surface area contributed by atoms with Gasteiger partial charge >= 0.3 is 5.92 Å². The van der Waals surface area contributed by atoms with Gasteiger partial charge in [0.2, 0.25) is 0 Å². The van der Waals surface area contributed by atoms with E-state index in [9.17, 15) is 8.78 Å². The molecule has 0 aliphatic carbocycles. The van der Waals surface area contributed by atoms with Gasteiger partial charge in [0.05, 0.1) is 7.11 Å². The zero-order valence-corrected chi connectivity index (χ0v) is 11.7. The number of alkyl halides is 2. The first kappa shape index (κ1) is 15.3. The monoisotopic (exact) mass is 293 g/mol. The topological polar surface area (TPSA) is 44.5 Å². The molecule has 0 heterocycles. The van der Waals surface area contributed by atoms with Crippen LogP contribution in [0.3, 0.4) is 0 Å². The van der Waals surface area contributed by atoms with Crippen molar-refractivity contribution in [2.75, 3.05) is 13.7 Å². The lowest BCUT2D eigenvalue weighted by atomic mass is 10.1. The summed E-state index contributed by atoms with van der Waals surface area (Å²) in [5.74, 6) is -2.23. The van der Waals surface area contributed by atoms with E-state index in [1.165, 1.54) is 19.2 Å². The molecule has 0 aliphatic heterocycles. The average Bonchev–Trinajstić information content (AvgIpc) is 2.53. The molecule has 2 N–H and O–H groups in total. The standard InChI is InChI=1S/C16H17F2NO2/c1-20-14-8-7-12(10-19)15(9-14)21-11-16(17,18)13-5-3-2-4-6-13/h2-9H,10-11,19H2,1H3. The summed E-state index contributed by atoms with van der Waals surface area (Å²) in [5.41, 5.74) is 6.16. The fourth-order valence-corrected chi connectivity index (χ4v) is 1.90. The quantitative estimate of drug-likeness (QED) is 0.888. The predicted molar refractivity (Wildman–Crippen MR) is 76.7 cm³/mol. The maximum absolute atomic E-state index is 14.1. The van der Waals surface area contributed by atoms with Crippen molar-refractivity contribution in [2.45, 2.75) is 12.5 Å². The van der Waals surface area contributed by atoms with Crippen molar-refractivity contribution in [2.24, 2.45) is 5.73 Å². The van der Waals surface area contributed by atoms with Gasteiger partial charge < -0.3 is 15.2 Å². The van der Waals surface area contributed by atoms with Crippen LogP contribution >= 0.6 is 0 Å². The molecule has 0 aromatic heterocycles. The van der Waals surface area contributed by atoms with Crippen molar-refractivity contribution >= 4 is 0 Å². The van der Waals surface area contributed by atoms with Crippen molar-refractivity contribution in [3.8, 4) is 11.5 Å². The Morgan fingerprint density at radius 3 is 2.43 bits per heavy atom. The van der Waals surface area contributed by atoms with E-state index < -0.39 is 12.5 Å². The number of benzene rings is 2. The molecule has 2 rings (SSSR count). The summed E-state index contributed by atoms with van der Waals surface area (Å²) in [6, 6.07) is 12.6. The van der Waals surface area contributed by atoms with Gasteiger partial charge in [-0.25, -0.2) is 0 Å². The van der Waals surface area contributed by atoms with Crippen LogP contribution in [0.15, 0.2) is 48.5 Å². The van der Waals surface area contributed by atoms with Gasteiger partial charge in [0.1, 0.15) is 11.5 Å². The van der Waals surface area contributed by atoms with Gasteiger partial charge in [-0.15, -0.1) is 0 Å². The number of hydrogen-bond donors (Lipinski definition) is 1. The van der Waals surface area contributed by atoms with E-state index >= 15 is 0 Å². The SMILES string of the molecule is COc1ccc(CN)c(OCC(F)(F)c2ccccc2)c1. The van der Waals surface area contributed by atoms with Gasteiger partial charge in [-0.3, -0.25) is 0 Å². The Labute approximate surface area is 122 Å². The van der Waals surface area contributed by atoms with E-state index in [2.05, 4.69) is 0 Å². The minimum atomic E-state index is -3.07. The second kappa shape index (κ2) is 6.54. The van der Waals surface area contributed by atoms with Crippen LogP contribution in [0, 0.1) is 0 Å². The molecule has 0 unspecified atom stereocenters. The van der Waals surface area contributed by atoms with Crippen molar-refractivity contribution in [1.29, 1.82) is 0 Å². The largest absolute Gasteiger partial charge is 0.497 e. The summed E-state index contributed by atoms with van der Waals surface area (Å²) in [6.07, 6.45) is 0. The highest BCUT2D eigenvalue weighted by atomic mass is 19.3. The Morgan fingerprint density at radius 2 is 1.81 bits per heavy atom. The number of hydrogen-bond acceptors (Lipinski definition) is 3. The molecule has 0 saturated heterocycles. The van der Waals surface area contributed by atoms with Crippen LogP contribution in [0.1, 0.15) is 11.1 Å². The lowest BCUT2D eigenvalue weighted by Gasteiger charge is -2.19. The number of methoxy groups -OCH3 is 1. The first-order valence-corrected chi connectivity index (χ1v) is 6.50. The minimum Gasteiger partial charge on any atom is -0.497 e. The van der Waals surface area contributed by atoms with Gasteiger partial charge in [0.25, 0.3) is 0 Å². The van der Waals surface area contributed by atoms with Crippen molar-refractivity contribution in [3.63, 3.8) is 0 Å². The lowest BCUT2D eigenvalue weighted by Crippen LogP contribution is -2.23. The summed E-state index contributed by atoms with van der Waals surface area (Å²) >= 11 is 0. The molecule has 0 fully saturated rings. The van der Waals surface area contributed by atoms with E-state index in [0.717, 1.165) is 0 Å². The zero-order valence-electron chi connectivity index (χ0n) is 11.7. The van der Waals surface area contributed by atoms with Gasteiger partial charge in [-0.1, -0.05) is 36.4 Å². The second-order valence-corrected chi connectivity index (χ2v) is 4.54. The number of ether oxygens (including phenoxy) is 2. The van der Waals surface area contributed by atoms with Gasteiger partial charge in [0.15, 0.2) is 6.61 Å². The number of rotatable bonds is 6. The summed E-state index contributed by atoms with van der Waals surface area (Å²) in [5, 5.41) is 0. The zero-order chi connectivity index (χ0) is 15.3. The van der Waals surface area contributed by atoms with Gasteiger partial charge in [-0.2, -0.15) is 8.78 Å². The lowest BCUT2D eigenvalue weighted by molar-refractivity contribution is -0.0469. The molecule has 0 aliphatic rings. The van der Waals surface area contributed by atoms with E-state index in [1.54, 1.807) is 36.4 Å². The summed E-state index contributed by atoms with van der Waals surface area (Å²) in [7, 11) is 1.50. The fourth-order valence-electron chi connectivity index (χ4n) is 1.90. The smallest absolute Gasteiger partial charge is 0.306 e. The second-order valence-electron chi connectivity index (χ2n) is 4.54. The van der Waals surface area contributed by atoms with Crippen molar-refractivity contribution < 1.29 is 18.3 Å². The molecule has 0 radical (unpaired) electrons. The van der Waals surface area contributed by atoms with Gasteiger partial charge in [-0.05, 0) is 6.07 Å². The molecular weight excluding hydrogens is 276 g/mol. The third kappa shape index (κ3) is 3.70. The average molecular weight is 293 g/mol. The van der Waals surface area contributed by atoms with Crippen LogP contribution < -0.4 is 15.2 Å². The maximum atomic E-state index is 14.1. The van der Waals surface area contributed by atoms with Crippen LogP contribution in [0.25, 0.3) is 0 Å². The van der Waals surface area contributed by atoms with Crippen molar-refractivity contribution in [3.05, 3.63) is 59.7 Å². The minimum absolute atomic E-state index is 0.0813. The molecule has 5 heteroatoms. The van der Waals surface area contributed by atoms with Crippen molar-refractivity contribution in [1.82, 2.24) is 0 Å². The van der Waals surface area contributed by atoms with E-state index in [-0.39, 0.29) is 12.1 Å². The highest BCUT2D eigenvalue weighted by molar-refractivity contribution is 5.40. The molecule has 21 heavy (non-hydrogen) atoms. The Bertz CT molecular complexity index is 588. The van der Waals surface area contributed by atoms with Crippen LogP contribution in [-0.4, -0.2) is 13.7 Å². The van der Waals surface area contributed by atoms with Crippen LogP contribution in [0.4, 0.5) is 8.78 Å². The molecule has 2 aromatic carbocycles. The molecule has 0 bridgehead atoms. The molecule has 2 aromatic rings. The van der Waals surface area contributed by atoms with E-state index in [4.69, 9.17) is 15.2 Å². The third-order valence-corrected chi connectivity index (χ3v) is 3.10. The summed E-state index contributed by atoms with van der Waals surface area (Å²) < 4.78 is 38.5.